The van der Waals surface area contributed by atoms with E-state index in [0.717, 1.165) is 24.6 Å². The highest BCUT2D eigenvalue weighted by Gasteiger charge is 2.27. The summed E-state index contributed by atoms with van der Waals surface area (Å²) >= 11 is 1.07. The highest BCUT2D eigenvalue weighted by atomic mass is 32.2. The molecule has 2 N–H and O–H groups in total. The van der Waals surface area contributed by atoms with Crippen LogP contribution in [0, 0.1) is 6.92 Å². The molecule has 90 valence electrons. The summed E-state index contributed by atoms with van der Waals surface area (Å²) in [5.41, 5.74) is 0. The van der Waals surface area contributed by atoms with E-state index in [2.05, 4.69) is 19.4 Å². The largest absolute Gasteiger partial charge is 0.317 e. The van der Waals surface area contributed by atoms with Gasteiger partial charge in [0.15, 0.2) is 0 Å². The van der Waals surface area contributed by atoms with Gasteiger partial charge in [0.25, 0.3) is 0 Å². The molecule has 16 heavy (non-hydrogen) atoms. The minimum Gasteiger partial charge on any atom is -0.317 e. The van der Waals surface area contributed by atoms with Gasteiger partial charge in [-0.15, -0.1) is 0 Å². The zero-order valence-electron chi connectivity index (χ0n) is 8.93. The van der Waals surface area contributed by atoms with Crippen molar-refractivity contribution >= 4 is 26.7 Å². The number of hydrogen-bond acceptors (Lipinski definition) is 6. The van der Waals surface area contributed by atoms with E-state index in [-0.39, 0.29) is 5.25 Å². The van der Waals surface area contributed by atoms with Crippen LogP contribution < -0.4 is 10.0 Å². The van der Waals surface area contributed by atoms with E-state index in [0.29, 0.717) is 23.8 Å². The topological polar surface area (TPSA) is 84.0 Å². The average molecular weight is 262 g/mol. The second kappa shape index (κ2) is 4.64. The number of nitrogens with one attached hydrogen (secondary N) is 2. The lowest BCUT2D eigenvalue weighted by molar-refractivity contribution is 0.499. The summed E-state index contributed by atoms with van der Waals surface area (Å²) < 4.78 is 30.4. The summed E-state index contributed by atoms with van der Waals surface area (Å²) in [7, 11) is -3.31. The van der Waals surface area contributed by atoms with Crippen molar-refractivity contribution in [2.24, 2.45) is 0 Å². The first-order valence-corrected chi connectivity index (χ1v) is 7.42. The fourth-order valence-corrected chi connectivity index (χ4v) is 3.89. The van der Waals surface area contributed by atoms with Gasteiger partial charge in [0, 0.05) is 11.5 Å². The summed E-state index contributed by atoms with van der Waals surface area (Å²) in [6.07, 6.45) is 1.29. The molecule has 0 aromatic carbocycles. The van der Waals surface area contributed by atoms with Gasteiger partial charge in [0.05, 0.1) is 5.25 Å². The molecule has 0 amide bonds. The first kappa shape index (κ1) is 11.7. The Morgan fingerprint density at radius 3 is 2.69 bits per heavy atom. The van der Waals surface area contributed by atoms with Crippen molar-refractivity contribution < 1.29 is 8.42 Å². The molecular formula is C8H14N4O2S2. The number of piperidine rings is 1. The molecule has 0 radical (unpaired) electrons. The summed E-state index contributed by atoms with van der Waals surface area (Å²) in [6.45, 7) is 3.24. The van der Waals surface area contributed by atoms with Gasteiger partial charge >= 0.3 is 0 Å². The molecule has 0 atom stereocenters. The normalized spacial score (nSPS) is 18.6. The molecule has 0 spiro atoms. The Balaban J connectivity index is 2.07. The molecule has 0 bridgehead atoms. The zero-order valence-corrected chi connectivity index (χ0v) is 10.6. The van der Waals surface area contributed by atoms with Crippen molar-refractivity contribution in [1.29, 1.82) is 0 Å². The second-order valence-corrected chi connectivity index (χ2v) is 6.46. The lowest BCUT2D eigenvalue weighted by atomic mass is 10.2. The molecule has 2 heterocycles. The predicted octanol–water partition coefficient (Wildman–Crippen LogP) is 0.340. The van der Waals surface area contributed by atoms with Crippen molar-refractivity contribution in [2.45, 2.75) is 25.0 Å². The van der Waals surface area contributed by atoms with Crippen LogP contribution in [-0.4, -0.2) is 36.1 Å². The maximum absolute atomic E-state index is 12.0. The third-order valence-corrected chi connectivity index (χ3v) is 5.16. The second-order valence-electron chi connectivity index (χ2n) is 3.74. The van der Waals surface area contributed by atoms with E-state index < -0.39 is 10.0 Å². The summed E-state index contributed by atoms with van der Waals surface area (Å²) in [6, 6.07) is 0. The molecule has 1 aliphatic rings. The van der Waals surface area contributed by atoms with Gasteiger partial charge in [-0.05, 0) is 32.9 Å². The van der Waals surface area contributed by atoms with Crippen LogP contribution in [-0.2, 0) is 10.0 Å². The first-order chi connectivity index (χ1) is 7.58. The van der Waals surface area contributed by atoms with Crippen LogP contribution in [0.4, 0.5) is 5.13 Å². The third-order valence-electron chi connectivity index (χ3n) is 2.48. The minimum absolute atomic E-state index is 0.321. The average Bonchev–Trinajstić information content (AvgIpc) is 2.64. The highest BCUT2D eigenvalue weighted by Crippen LogP contribution is 2.18. The fraction of sp³-hybridized carbons (Fsp3) is 0.750. The monoisotopic (exact) mass is 262 g/mol. The molecule has 2 rings (SSSR count). The maximum Gasteiger partial charge on any atom is 0.237 e. The third kappa shape index (κ3) is 2.69. The van der Waals surface area contributed by atoms with Gasteiger partial charge in [0.2, 0.25) is 15.2 Å². The number of rotatable bonds is 3. The van der Waals surface area contributed by atoms with Crippen LogP contribution in [0.1, 0.15) is 18.7 Å². The molecule has 6 nitrogen and oxygen atoms in total. The summed E-state index contributed by atoms with van der Waals surface area (Å²) in [5, 5.41) is 3.17. The van der Waals surface area contributed by atoms with E-state index in [4.69, 9.17) is 0 Å². The highest BCUT2D eigenvalue weighted by molar-refractivity contribution is 7.93. The predicted molar refractivity (Wildman–Crippen MR) is 63.1 cm³/mol. The number of sulfonamides is 1. The van der Waals surface area contributed by atoms with E-state index in [1.807, 2.05) is 0 Å². The van der Waals surface area contributed by atoms with Crippen LogP contribution in [0.2, 0.25) is 0 Å². The summed E-state index contributed by atoms with van der Waals surface area (Å²) in [4.78, 5) is 3.99. The van der Waals surface area contributed by atoms with Gasteiger partial charge in [-0.3, -0.25) is 4.72 Å². The van der Waals surface area contributed by atoms with Crippen LogP contribution in [0.15, 0.2) is 0 Å². The van der Waals surface area contributed by atoms with E-state index in [1.54, 1.807) is 6.92 Å². The number of nitrogens with zero attached hydrogens (tertiary/aromatic N) is 2. The minimum atomic E-state index is -3.31. The Morgan fingerprint density at radius 2 is 2.12 bits per heavy atom. The van der Waals surface area contributed by atoms with Crippen LogP contribution in [0.3, 0.4) is 0 Å². The molecule has 0 unspecified atom stereocenters. The van der Waals surface area contributed by atoms with Crippen LogP contribution in [0.5, 0.6) is 0 Å². The Labute approximate surface area is 98.7 Å². The Bertz CT molecular complexity index is 450. The van der Waals surface area contributed by atoms with E-state index >= 15 is 0 Å². The zero-order chi connectivity index (χ0) is 11.6. The lowest BCUT2D eigenvalue weighted by Gasteiger charge is -2.22. The van der Waals surface area contributed by atoms with Gasteiger partial charge in [-0.2, -0.15) is 4.37 Å². The molecule has 1 aromatic rings. The van der Waals surface area contributed by atoms with Gasteiger partial charge in [-0.1, -0.05) is 0 Å². The maximum atomic E-state index is 12.0. The van der Waals surface area contributed by atoms with Crippen molar-refractivity contribution in [3.63, 3.8) is 0 Å². The van der Waals surface area contributed by atoms with Gasteiger partial charge in [-0.25, -0.2) is 13.4 Å². The summed E-state index contributed by atoms with van der Waals surface area (Å²) in [5.74, 6) is 0.591. The van der Waals surface area contributed by atoms with Crippen molar-refractivity contribution in [3.05, 3.63) is 5.82 Å². The molecule has 1 aromatic heterocycles. The van der Waals surface area contributed by atoms with E-state index in [1.165, 1.54) is 0 Å². The molecule has 0 saturated carbocycles. The molecule has 0 aliphatic carbocycles. The number of hydrogen-bond donors (Lipinski definition) is 2. The number of anilines is 1. The smallest absolute Gasteiger partial charge is 0.237 e. The van der Waals surface area contributed by atoms with Crippen molar-refractivity contribution in [1.82, 2.24) is 14.7 Å². The van der Waals surface area contributed by atoms with Crippen molar-refractivity contribution in [3.8, 4) is 0 Å². The molecule has 8 heteroatoms. The Morgan fingerprint density at radius 1 is 1.44 bits per heavy atom. The fourth-order valence-electron chi connectivity index (χ4n) is 1.65. The van der Waals surface area contributed by atoms with Gasteiger partial charge in [0.1, 0.15) is 5.82 Å². The van der Waals surface area contributed by atoms with Crippen LogP contribution in [0.25, 0.3) is 0 Å². The molecular weight excluding hydrogens is 248 g/mol. The Kier molecular flexibility index (Phi) is 3.41. The van der Waals surface area contributed by atoms with E-state index in [9.17, 15) is 8.42 Å². The van der Waals surface area contributed by atoms with Crippen molar-refractivity contribution in [2.75, 3.05) is 17.8 Å². The first-order valence-electron chi connectivity index (χ1n) is 5.10. The molecule has 1 aliphatic heterocycles. The number of aromatic nitrogens is 2. The SMILES string of the molecule is Cc1nsc(NS(=O)(=O)C2CCNCC2)n1. The van der Waals surface area contributed by atoms with Gasteiger partial charge < -0.3 is 5.32 Å². The quantitative estimate of drug-likeness (QED) is 0.820. The molecule has 1 fully saturated rings. The molecule has 1 saturated heterocycles. The lowest BCUT2D eigenvalue weighted by Crippen LogP contribution is -2.38. The Hall–Kier alpha value is -0.730. The standard InChI is InChI=1S/C8H14N4O2S2/c1-6-10-8(15-11-6)12-16(13,14)7-2-4-9-5-3-7/h7,9H,2-5H2,1H3,(H,10,11,12). The van der Waals surface area contributed by atoms with Crippen LogP contribution >= 0.6 is 11.5 Å². The number of aryl methyl sites for hydroxylation is 1.